The number of ether oxygens (including phenoxy) is 1. The van der Waals surface area contributed by atoms with Crippen molar-refractivity contribution < 1.29 is 14.6 Å². The van der Waals surface area contributed by atoms with E-state index in [-0.39, 0.29) is 11.5 Å². The number of para-hydroxylation sites is 2. The fourth-order valence-electron chi connectivity index (χ4n) is 2.91. The second-order valence-electron chi connectivity index (χ2n) is 6.58. The number of aliphatic carboxylic acids is 1. The van der Waals surface area contributed by atoms with Gasteiger partial charge in [-0.15, -0.1) is 0 Å². The molecule has 1 heterocycles. The minimum atomic E-state index is -1.08. The number of aromatic nitrogens is 2. The first-order chi connectivity index (χ1) is 15.0. The van der Waals surface area contributed by atoms with Crippen molar-refractivity contribution in [1.82, 2.24) is 9.97 Å². The Labute approximate surface area is 192 Å². The predicted molar refractivity (Wildman–Crippen MR) is 125 cm³/mol. The molecule has 5 nitrogen and oxygen atoms in total. The van der Waals surface area contributed by atoms with Crippen molar-refractivity contribution in [2.75, 3.05) is 0 Å². The van der Waals surface area contributed by atoms with E-state index in [1.807, 2.05) is 42.5 Å². The number of rotatable bonds is 7. The Morgan fingerprint density at radius 2 is 1.87 bits per heavy atom. The minimum absolute atomic E-state index is 0.0777. The topological polar surface area (TPSA) is 75.2 Å². The number of carboxylic acids is 1. The van der Waals surface area contributed by atoms with E-state index < -0.39 is 5.97 Å². The molecule has 0 saturated heterocycles. The van der Waals surface area contributed by atoms with Crippen molar-refractivity contribution in [2.45, 2.75) is 11.8 Å². The van der Waals surface area contributed by atoms with Crippen molar-refractivity contribution in [3.8, 4) is 5.75 Å². The number of H-pyrrole nitrogens is 1. The number of aromatic amines is 1. The first-order valence-corrected chi connectivity index (χ1v) is 10.8. The highest BCUT2D eigenvalue weighted by Gasteiger charge is 2.15. The lowest BCUT2D eigenvalue weighted by molar-refractivity contribution is -0.131. The summed E-state index contributed by atoms with van der Waals surface area (Å²) in [6.45, 7) is 0.280. The SMILES string of the molecule is O=C(O)/C(=C/c1cc(Cl)ccc1OCc1cccc(Cl)c1)Sc1nc2ccccc2[nH]1. The number of fused-ring (bicyclic) bond motifs is 1. The Bertz CT molecular complexity index is 1250. The number of hydrogen-bond donors (Lipinski definition) is 2. The maximum absolute atomic E-state index is 11.9. The molecule has 0 atom stereocenters. The Morgan fingerprint density at radius 3 is 2.65 bits per heavy atom. The van der Waals surface area contributed by atoms with Crippen LogP contribution in [0.25, 0.3) is 17.1 Å². The molecule has 31 heavy (non-hydrogen) atoms. The molecular formula is C23H16Cl2N2O3S. The van der Waals surface area contributed by atoms with Crippen molar-refractivity contribution in [1.29, 1.82) is 0 Å². The van der Waals surface area contributed by atoms with Gasteiger partial charge in [0, 0.05) is 15.6 Å². The minimum Gasteiger partial charge on any atom is -0.488 e. The van der Waals surface area contributed by atoms with Gasteiger partial charge in [-0.25, -0.2) is 9.78 Å². The highest BCUT2D eigenvalue weighted by Crippen LogP contribution is 2.32. The number of carbonyl (C=O) groups is 1. The molecule has 4 rings (SSSR count). The molecule has 1 aromatic heterocycles. The van der Waals surface area contributed by atoms with Crippen LogP contribution in [0.3, 0.4) is 0 Å². The van der Waals surface area contributed by atoms with Crippen LogP contribution in [0.5, 0.6) is 5.75 Å². The normalized spacial score (nSPS) is 11.6. The zero-order valence-electron chi connectivity index (χ0n) is 16.0. The zero-order chi connectivity index (χ0) is 21.8. The summed E-state index contributed by atoms with van der Waals surface area (Å²) >= 11 is 13.2. The van der Waals surface area contributed by atoms with E-state index in [0.29, 0.717) is 26.5 Å². The summed E-state index contributed by atoms with van der Waals surface area (Å²) in [5.41, 5.74) is 3.05. The van der Waals surface area contributed by atoms with E-state index in [1.165, 1.54) is 6.08 Å². The summed E-state index contributed by atoms with van der Waals surface area (Å²) in [5, 5.41) is 11.3. The predicted octanol–water partition coefficient (Wildman–Crippen LogP) is 6.67. The molecule has 0 unspecified atom stereocenters. The molecule has 2 N–H and O–H groups in total. The molecule has 0 aliphatic heterocycles. The van der Waals surface area contributed by atoms with Crippen LogP contribution in [-0.2, 0) is 11.4 Å². The molecule has 3 aromatic carbocycles. The summed E-state index contributed by atoms with van der Waals surface area (Å²) in [6.07, 6.45) is 1.53. The average Bonchev–Trinajstić information content (AvgIpc) is 3.15. The number of carboxylic acid groups (broad SMARTS) is 1. The smallest absolute Gasteiger partial charge is 0.342 e. The van der Waals surface area contributed by atoms with Gasteiger partial charge in [-0.05, 0) is 65.9 Å². The molecule has 8 heteroatoms. The first-order valence-electron chi connectivity index (χ1n) is 9.22. The molecule has 0 fully saturated rings. The van der Waals surface area contributed by atoms with Crippen molar-refractivity contribution in [3.63, 3.8) is 0 Å². The van der Waals surface area contributed by atoms with Crippen molar-refractivity contribution in [2.24, 2.45) is 0 Å². The van der Waals surface area contributed by atoms with Crippen molar-refractivity contribution in [3.05, 3.63) is 92.8 Å². The van der Waals surface area contributed by atoms with Gasteiger partial charge >= 0.3 is 5.97 Å². The first kappa shape index (κ1) is 21.3. The third-order valence-corrected chi connectivity index (χ3v) is 5.70. The number of thioether (sulfide) groups is 1. The van der Waals surface area contributed by atoms with Gasteiger partial charge in [0.15, 0.2) is 5.16 Å². The van der Waals surface area contributed by atoms with Gasteiger partial charge in [-0.3, -0.25) is 0 Å². The molecule has 0 spiro atoms. The fraction of sp³-hybridized carbons (Fsp3) is 0.0435. The summed E-state index contributed by atoms with van der Waals surface area (Å²) < 4.78 is 5.92. The molecule has 0 aliphatic rings. The number of benzene rings is 3. The van der Waals surface area contributed by atoms with Crippen LogP contribution in [0, 0.1) is 0 Å². The second kappa shape index (κ2) is 9.47. The summed E-state index contributed by atoms with van der Waals surface area (Å²) in [6, 6.07) is 19.9. The van der Waals surface area contributed by atoms with Crippen LogP contribution in [0.1, 0.15) is 11.1 Å². The lowest BCUT2D eigenvalue weighted by Gasteiger charge is -2.11. The molecular weight excluding hydrogens is 455 g/mol. The zero-order valence-corrected chi connectivity index (χ0v) is 18.3. The molecule has 0 radical (unpaired) electrons. The van der Waals surface area contributed by atoms with E-state index in [1.54, 1.807) is 24.3 Å². The van der Waals surface area contributed by atoms with Gasteiger partial charge in [0.05, 0.1) is 11.0 Å². The second-order valence-corrected chi connectivity index (χ2v) is 8.48. The fourth-order valence-corrected chi connectivity index (χ4v) is 4.09. The lowest BCUT2D eigenvalue weighted by atomic mass is 10.2. The number of imidazole rings is 1. The monoisotopic (exact) mass is 470 g/mol. The number of nitrogens with zero attached hydrogens (tertiary/aromatic N) is 1. The molecule has 0 aliphatic carbocycles. The average molecular weight is 471 g/mol. The van der Waals surface area contributed by atoms with E-state index in [4.69, 9.17) is 27.9 Å². The van der Waals surface area contributed by atoms with E-state index in [2.05, 4.69) is 9.97 Å². The Kier molecular flexibility index (Phi) is 6.51. The summed E-state index contributed by atoms with van der Waals surface area (Å²) in [7, 11) is 0. The molecule has 156 valence electrons. The Morgan fingerprint density at radius 1 is 1.06 bits per heavy atom. The maximum Gasteiger partial charge on any atom is 0.342 e. The molecule has 0 amide bonds. The number of nitrogens with one attached hydrogen (secondary N) is 1. The van der Waals surface area contributed by atoms with Gasteiger partial charge in [-0.1, -0.05) is 47.5 Å². The summed E-state index contributed by atoms with van der Waals surface area (Å²) in [5.74, 6) is -0.570. The highest BCUT2D eigenvalue weighted by atomic mass is 35.5. The lowest BCUT2D eigenvalue weighted by Crippen LogP contribution is -2.00. The van der Waals surface area contributed by atoms with Gasteiger partial charge in [0.2, 0.25) is 0 Å². The van der Waals surface area contributed by atoms with Crippen LogP contribution < -0.4 is 4.74 Å². The molecule has 0 saturated carbocycles. The third-order valence-electron chi connectivity index (χ3n) is 4.33. The van der Waals surface area contributed by atoms with Crippen molar-refractivity contribution >= 4 is 58.0 Å². The van der Waals surface area contributed by atoms with Crippen LogP contribution in [-0.4, -0.2) is 21.0 Å². The van der Waals surface area contributed by atoms with Gasteiger partial charge in [0.25, 0.3) is 0 Å². The van der Waals surface area contributed by atoms with Crippen LogP contribution >= 0.6 is 35.0 Å². The van der Waals surface area contributed by atoms with Crippen LogP contribution in [0.4, 0.5) is 0 Å². The largest absolute Gasteiger partial charge is 0.488 e. The Balaban J connectivity index is 1.62. The maximum atomic E-state index is 11.9. The quantitative estimate of drug-likeness (QED) is 0.233. The number of hydrogen-bond acceptors (Lipinski definition) is 4. The van der Waals surface area contributed by atoms with Crippen LogP contribution in [0.2, 0.25) is 10.0 Å². The van der Waals surface area contributed by atoms with Crippen LogP contribution in [0.15, 0.2) is 76.8 Å². The molecule has 0 bridgehead atoms. The van der Waals surface area contributed by atoms with E-state index >= 15 is 0 Å². The number of halogens is 2. The standard InChI is InChI=1S/C23H16Cl2N2O3S/c24-16-5-3-4-14(10-16)13-30-20-9-8-17(25)11-15(20)12-21(22(28)29)31-23-26-18-6-1-2-7-19(18)27-23/h1-12H,13H2,(H,26,27)(H,28,29)/b21-12-. The van der Waals surface area contributed by atoms with Gasteiger partial charge in [-0.2, -0.15) is 0 Å². The highest BCUT2D eigenvalue weighted by molar-refractivity contribution is 8.04. The summed E-state index contributed by atoms with van der Waals surface area (Å²) in [4.78, 5) is 19.6. The molecule has 4 aromatic rings. The Hall–Kier alpha value is -2.93. The third kappa shape index (κ3) is 5.41. The van der Waals surface area contributed by atoms with E-state index in [9.17, 15) is 9.90 Å². The van der Waals surface area contributed by atoms with Gasteiger partial charge < -0.3 is 14.8 Å². The van der Waals surface area contributed by atoms with E-state index in [0.717, 1.165) is 28.4 Å². The van der Waals surface area contributed by atoms with Gasteiger partial charge in [0.1, 0.15) is 17.3 Å².